The number of aliphatic hydroxyl groups excluding tert-OH is 1. The largest absolute Gasteiger partial charge is 0.387 e. The fraction of sp³-hybridized carbons (Fsp3) is 0.750. The summed E-state index contributed by atoms with van der Waals surface area (Å²) in [5.74, 6) is 0. The van der Waals surface area contributed by atoms with Crippen LogP contribution in [-0.4, -0.2) is 39.3 Å². The monoisotopic (exact) mass is 320 g/mol. The minimum atomic E-state index is -1.13. The van der Waals surface area contributed by atoms with Gasteiger partial charge in [0, 0.05) is 7.11 Å². The second-order valence-electron chi connectivity index (χ2n) is 4.31. The lowest BCUT2D eigenvalue weighted by Gasteiger charge is -2.31. The Hall–Kier alpha value is -0.430. The van der Waals surface area contributed by atoms with Crippen LogP contribution in [0.5, 0.6) is 0 Å². The van der Waals surface area contributed by atoms with E-state index in [1.165, 1.54) is 0 Å². The van der Waals surface area contributed by atoms with Gasteiger partial charge in [-0.2, -0.15) is 5.10 Å². The molecule has 1 heterocycles. The molecule has 1 aromatic heterocycles. The first-order chi connectivity index (χ1) is 8.50. The average Bonchev–Trinajstić information content (AvgIpc) is 2.75. The van der Waals surface area contributed by atoms with Gasteiger partial charge < -0.3 is 14.9 Å². The molecular weight excluding hydrogens is 300 g/mol. The topological polar surface area (TPSA) is 67.5 Å². The van der Waals surface area contributed by atoms with Gasteiger partial charge >= 0.3 is 0 Å². The number of hydrogen-bond donors (Lipinski definition) is 2. The molecule has 0 amide bonds. The first-order valence-corrected chi connectivity index (χ1v) is 6.90. The van der Waals surface area contributed by atoms with Crippen LogP contribution in [0.3, 0.4) is 0 Å². The SMILES string of the molecule is CCC(O)(CC)C(O)c1c(Br)cnn1CCOC. The zero-order chi connectivity index (χ0) is 13.8. The fourth-order valence-corrected chi connectivity index (χ4v) is 2.40. The van der Waals surface area contributed by atoms with Crippen molar-refractivity contribution in [3.05, 3.63) is 16.4 Å². The fourth-order valence-electron chi connectivity index (χ4n) is 1.89. The maximum atomic E-state index is 10.4. The van der Waals surface area contributed by atoms with E-state index in [-0.39, 0.29) is 0 Å². The van der Waals surface area contributed by atoms with Crippen LogP contribution in [0, 0.1) is 0 Å². The molecule has 0 spiro atoms. The molecule has 0 radical (unpaired) electrons. The van der Waals surface area contributed by atoms with Gasteiger partial charge in [0.2, 0.25) is 0 Å². The Bertz CT molecular complexity index is 377. The summed E-state index contributed by atoms with van der Waals surface area (Å²) < 4.78 is 7.37. The van der Waals surface area contributed by atoms with Gasteiger partial charge in [0.05, 0.1) is 35.1 Å². The maximum Gasteiger partial charge on any atom is 0.125 e. The van der Waals surface area contributed by atoms with Crippen molar-refractivity contribution in [1.29, 1.82) is 0 Å². The molecule has 1 aromatic rings. The van der Waals surface area contributed by atoms with Gasteiger partial charge in [-0.3, -0.25) is 4.68 Å². The minimum absolute atomic E-state index is 0.479. The molecule has 1 unspecified atom stereocenters. The second-order valence-corrected chi connectivity index (χ2v) is 5.16. The Morgan fingerprint density at radius 2 is 2.11 bits per heavy atom. The molecule has 0 aliphatic heterocycles. The third kappa shape index (κ3) is 3.12. The van der Waals surface area contributed by atoms with Crippen LogP contribution in [-0.2, 0) is 11.3 Å². The van der Waals surface area contributed by atoms with Crippen molar-refractivity contribution >= 4 is 15.9 Å². The minimum Gasteiger partial charge on any atom is -0.387 e. The second kappa shape index (κ2) is 6.65. The summed E-state index contributed by atoms with van der Waals surface area (Å²) in [6, 6.07) is 0. The Morgan fingerprint density at radius 3 is 2.61 bits per heavy atom. The van der Waals surface area contributed by atoms with Crippen molar-refractivity contribution in [2.45, 2.75) is 44.9 Å². The van der Waals surface area contributed by atoms with Crippen molar-refractivity contribution < 1.29 is 14.9 Å². The Kier molecular flexibility index (Phi) is 5.78. The molecule has 1 rings (SSSR count). The molecule has 2 N–H and O–H groups in total. The van der Waals surface area contributed by atoms with Gasteiger partial charge in [0.25, 0.3) is 0 Å². The van der Waals surface area contributed by atoms with E-state index in [0.717, 1.165) is 0 Å². The van der Waals surface area contributed by atoms with Crippen LogP contribution in [0.25, 0.3) is 0 Å². The standard InChI is InChI=1S/C12H21BrN2O3/c1-4-12(17,5-2)11(16)10-9(13)8-14-15(10)6-7-18-3/h8,11,16-17H,4-7H2,1-3H3. The van der Waals surface area contributed by atoms with Crippen molar-refractivity contribution in [2.75, 3.05) is 13.7 Å². The lowest BCUT2D eigenvalue weighted by molar-refractivity contribution is -0.0861. The molecule has 18 heavy (non-hydrogen) atoms. The van der Waals surface area contributed by atoms with Crippen LogP contribution in [0.15, 0.2) is 10.7 Å². The molecule has 0 aromatic carbocycles. The van der Waals surface area contributed by atoms with Crippen molar-refractivity contribution in [3.8, 4) is 0 Å². The maximum absolute atomic E-state index is 10.4. The molecule has 0 bridgehead atoms. The number of rotatable bonds is 7. The predicted molar refractivity (Wildman–Crippen MR) is 72.3 cm³/mol. The van der Waals surface area contributed by atoms with Gasteiger partial charge in [-0.15, -0.1) is 0 Å². The highest BCUT2D eigenvalue weighted by Gasteiger charge is 2.36. The summed E-state index contributed by atoms with van der Waals surface area (Å²) in [7, 11) is 1.61. The smallest absolute Gasteiger partial charge is 0.125 e. The number of ether oxygens (including phenoxy) is 1. The number of halogens is 1. The molecule has 104 valence electrons. The number of aromatic nitrogens is 2. The van der Waals surface area contributed by atoms with Gasteiger partial charge in [-0.1, -0.05) is 13.8 Å². The van der Waals surface area contributed by atoms with E-state index < -0.39 is 11.7 Å². The van der Waals surface area contributed by atoms with E-state index in [2.05, 4.69) is 21.0 Å². The van der Waals surface area contributed by atoms with Crippen LogP contribution in [0.2, 0.25) is 0 Å². The quantitative estimate of drug-likeness (QED) is 0.805. The first-order valence-electron chi connectivity index (χ1n) is 6.10. The number of hydrogen-bond acceptors (Lipinski definition) is 4. The Morgan fingerprint density at radius 1 is 1.50 bits per heavy atom. The predicted octanol–water partition coefficient (Wildman–Crippen LogP) is 1.88. The number of methoxy groups -OCH3 is 1. The first kappa shape index (κ1) is 15.6. The van der Waals surface area contributed by atoms with E-state index in [9.17, 15) is 10.2 Å². The molecule has 0 fully saturated rings. The lowest BCUT2D eigenvalue weighted by Crippen LogP contribution is -2.36. The van der Waals surface area contributed by atoms with Crippen LogP contribution in [0.1, 0.15) is 38.5 Å². The molecular formula is C12H21BrN2O3. The summed E-state index contributed by atoms with van der Waals surface area (Å²) in [5.41, 5.74) is -0.536. The Labute approximate surface area is 116 Å². The third-order valence-corrected chi connectivity index (χ3v) is 3.94. The summed E-state index contributed by atoms with van der Waals surface area (Å²) in [6.45, 7) is 4.76. The molecule has 0 saturated carbocycles. The zero-order valence-electron chi connectivity index (χ0n) is 11.1. The summed E-state index contributed by atoms with van der Waals surface area (Å²) in [4.78, 5) is 0. The van der Waals surface area contributed by atoms with E-state index in [1.807, 2.05) is 13.8 Å². The zero-order valence-corrected chi connectivity index (χ0v) is 12.6. The van der Waals surface area contributed by atoms with Gasteiger partial charge in [-0.05, 0) is 28.8 Å². The molecule has 0 saturated heterocycles. The molecule has 5 nitrogen and oxygen atoms in total. The highest BCUT2D eigenvalue weighted by Crippen LogP contribution is 2.35. The molecule has 1 atom stereocenters. The third-order valence-electron chi connectivity index (χ3n) is 3.33. The van der Waals surface area contributed by atoms with Crippen LogP contribution >= 0.6 is 15.9 Å². The summed E-state index contributed by atoms with van der Waals surface area (Å²) in [5, 5.41) is 25.0. The normalized spacial score (nSPS) is 13.9. The molecule has 0 aliphatic carbocycles. The van der Waals surface area contributed by atoms with E-state index in [1.54, 1.807) is 18.0 Å². The van der Waals surface area contributed by atoms with Gasteiger partial charge in [-0.25, -0.2) is 0 Å². The lowest BCUT2D eigenvalue weighted by atomic mass is 9.89. The number of nitrogens with zero attached hydrogens (tertiary/aromatic N) is 2. The summed E-state index contributed by atoms with van der Waals surface area (Å²) >= 11 is 3.37. The van der Waals surface area contributed by atoms with Crippen molar-refractivity contribution in [1.82, 2.24) is 9.78 Å². The van der Waals surface area contributed by atoms with E-state index >= 15 is 0 Å². The van der Waals surface area contributed by atoms with E-state index in [4.69, 9.17) is 4.74 Å². The van der Waals surface area contributed by atoms with Crippen molar-refractivity contribution in [2.24, 2.45) is 0 Å². The highest BCUT2D eigenvalue weighted by molar-refractivity contribution is 9.10. The van der Waals surface area contributed by atoms with Crippen LogP contribution in [0.4, 0.5) is 0 Å². The Balaban J connectivity index is 3.03. The van der Waals surface area contributed by atoms with Gasteiger partial charge in [0.15, 0.2) is 0 Å². The van der Waals surface area contributed by atoms with Crippen LogP contribution < -0.4 is 0 Å². The van der Waals surface area contributed by atoms with Crippen molar-refractivity contribution in [3.63, 3.8) is 0 Å². The summed E-state index contributed by atoms with van der Waals surface area (Å²) in [6.07, 6.45) is 1.61. The highest BCUT2D eigenvalue weighted by atomic mass is 79.9. The van der Waals surface area contributed by atoms with Gasteiger partial charge in [0.1, 0.15) is 6.10 Å². The molecule has 0 aliphatic rings. The molecule has 6 heteroatoms. The average molecular weight is 321 g/mol. The van der Waals surface area contributed by atoms with E-state index in [0.29, 0.717) is 36.2 Å². The number of aliphatic hydroxyl groups is 2.